The Morgan fingerprint density at radius 3 is 2.50 bits per heavy atom. The van der Waals surface area contributed by atoms with Gasteiger partial charge >= 0.3 is 0 Å². The minimum atomic E-state index is -3.10. The first kappa shape index (κ1) is 15.3. The number of nitrogens with zero attached hydrogens (tertiary/aromatic N) is 1. The molecule has 1 unspecified atom stereocenters. The van der Waals surface area contributed by atoms with Crippen molar-refractivity contribution in [2.24, 2.45) is 0 Å². The Kier molecular flexibility index (Phi) is 5.05. The SMILES string of the molecule is CCN1CCCC(Nc2ccc(S(C)(=O)=O)cc2)CC1. The molecule has 1 fully saturated rings. The fraction of sp³-hybridized carbons (Fsp3) is 0.600. The molecule has 0 spiro atoms. The van der Waals surface area contributed by atoms with Gasteiger partial charge in [-0.1, -0.05) is 6.92 Å². The third-order valence-electron chi connectivity index (χ3n) is 3.92. The zero-order valence-corrected chi connectivity index (χ0v) is 13.1. The molecule has 1 N–H and O–H groups in total. The van der Waals surface area contributed by atoms with Crippen molar-refractivity contribution in [3.05, 3.63) is 24.3 Å². The van der Waals surface area contributed by atoms with Gasteiger partial charge in [-0.15, -0.1) is 0 Å². The first-order chi connectivity index (χ1) is 9.49. The van der Waals surface area contributed by atoms with Crippen LogP contribution < -0.4 is 5.32 Å². The lowest BCUT2D eigenvalue weighted by atomic mass is 10.1. The average molecular weight is 296 g/mol. The Hall–Kier alpha value is -1.07. The molecule has 1 aromatic rings. The highest BCUT2D eigenvalue weighted by Crippen LogP contribution is 2.19. The van der Waals surface area contributed by atoms with Gasteiger partial charge in [-0.3, -0.25) is 0 Å². The fourth-order valence-electron chi connectivity index (χ4n) is 2.65. The summed E-state index contributed by atoms with van der Waals surface area (Å²) in [5.74, 6) is 0. The van der Waals surface area contributed by atoms with Crippen LogP contribution in [-0.2, 0) is 9.84 Å². The first-order valence-electron chi connectivity index (χ1n) is 7.28. The summed E-state index contributed by atoms with van der Waals surface area (Å²) >= 11 is 0. The van der Waals surface area contributed by atoms with Crippen molar-refractivity contribution in [2.45, 2.75) is 37.1 Å². The van der Waals surface area contributed by atoms with E-state index >= 15 is 0 Å². The number of anilines is 1. The number of sulfone groups is 1. The van der Waals surface area contributed by atoms with E-state index in [1.54, 1.807) is 12.1 Å². The van der Waals surface area contributed by atoms with E-state index in [9.17, 15) is 8.42 Å². The Balaban J connectivity index is 1.96. The van der Waals surface area contributed by atoms with Crippen molar-refractivity contribution < 1.29 is 8.42 Å². The molecule has 4 nitrogen and oxygen atoms in total. The molecule has 1 aliphatic heterocycles. The van der Waals surface area contributed by atoms with Crippen molar-refractivity contribution >= 4 is 15.5 Å². The average Bonchev–Trinajstić information content (AvgIpc) is 2.63. The molecule has 20 heavy (non-hydrogen) atoms. The minimum absolute atomic E-state index is 0.376. The number of rotatable bonds is 4. The standard InChI is InChI=1S/C15H24N2O2S/c1-3-17-11-4-5-13(10-12-17)16-14-6-8-15(9-7-14)20(2,18)19/h6-9,13,16H,3-5,10-12H2,1-2H3. The molecule has 0 aliphatic carbocycles. The Labute approximate surface area is 122 Å². The van der Waals surface area contributed by atoms with Crippen molar-refractivity contribution in [3.63, 3.8) is 0 Å². The van der Waals surface area contributed by atoms with Crippen LogP contribution in [0.3, 0.4) is 0 Å². The second-order valence-corrected chi connectivity index (χ2v) is 7.52. The van der Waals surface area contributed by atoms with Crippen LogP contribution in [0.15, 0.2) is 29.2 Å². The highest BCUT2D eigenvalue weighted by Gasteiger charge is 2.16. The summed E-state index contributed by atoms with van der Waals surface area (Å²) in [5.41, 5.74) is 1.01. The Morgan fingerprint density at radius 1 is 1.20 bits per heavy atom. The quantitative estimate of drug-likeness (QED) is 0.927. The van der Waals surface area contributed by atoms with E-state index in [-0.39, 0.29) is 0 Å². The maximum atomic E-state index is 11.4. The van der Waals surface area contributed by atoms with E-state index in [4.69, 9.17) is 0 Å². The second-order valence-electron chi connectivity index (χ2n) is 5.50. The van der Waals surface area contributed by atoms with E-state index in [1.807, 2.05) is 12.1 Å². The summed E-state index contributed by atoms with van der Waals surface area (Å²) in [4.78, 5) is 2.86. The van der Waals surface area contributed by atoms with E-state index < -0.39 is 9.84 Å². The molecule has 0 bridgehead atoms. The molecule has 1 aliphatic rings. The maximum Gasteiger partial charge on any atom is 0.175 e. The van der Waals surface area contributed by atoms with Crippen LogP contribution in [0, 0.1) is 0 Å². The molecule has 1 heterocycles. The van der Waals surface area contributed by atoms with Crippen molar-refractivity contribution in [1.82, 2.24) is 4.90 Å². The largest absolute Gasteiger partial charge is 0.382 e. The highest BCUT2D eigenvalue weighted by molar-refractivity contribution is 7.90. The summed E-state index contributed by atoms with van der Waals surface area (Å²) in [6.45, 7) is 5.64. The molecule has 0 radical (unpaired) electrons. The predicted molar refractivity (Wildman–Crippen MR) is 82.9 cm³/mol. The monoisotopic (exact) mass is 296 g/mol. The third-order valence-corrected chi connectivity index (χ3v) is 5.05. The highest BCUT2D eigenvalue weighted by atomic mass is 32.2. The van der Waals surface area contributed by atoms with Crippen LogP contribution in [0.5, 0.6) is 0 Å². The smallest absolute Gasteiger partial charge is 0.175 e. The normalized spacial score (nSPS) is 21.4. The molecule has 1 atom stereocenters. The van der Waals surface area contributed by atoms with E-state index in [0.29, 0.717) is 10.9 Å². The third kappa shape index (κ3) is 4.21. The van der Waals surface area contributed by atoms with Gasteiger partial charge < -0.3 is 10.2 Å². The number of likely N-dealkylation sites (tertiary alicyclic amines) is 1. The zero-order valence-electron chi connectivity index (χ0n) is 12.3. The van der Waals surface area contributed by atoms with Gasteiger partial charge in [0.15, 0.2) is 9.84 Å². The van der Waals surface area contributed by atoms with Gasteiger partial charge in [-0.25, -0.2) is 8.42 Å². The van der Waals surface area contributed by atoms with Crippen molar-refractivity contribution in [3.8, 4) is 0 Å². The maximum absolute atomic E-state index is 11.4. The van der Waals surface area contributed by atoms with Gasteiger partial charge in [0.2, 0.25) is 0 Å². The molecular formula is C15H24N2O2S. The van der Waals surface area contributed by atoms with Gasteiger partial charge in [0, 0.05) is 24.5 Å². The zero-order chi connectivity index (χ0) is 14.6. The molecule has 1 saturated heterocycles. The Morgan fingerprint density at radius 2 is 1.90 bits per heavy atom. The number of benzene rings is 1. The summed E-state index contributed by atoms with van der Waals surface area (Å²) in [7, 11) is -3.10. The molecule has 0 amide bonds. The van der Waals surface area contributed by atoms with Crippen molar-refractivity contribution in [1.29, 1.82) is 0 Å². The van der Waals surface area contributed by atoms with Crippen LogP contribution in [0.1, 0.15) is 26.2 Å². The number of hydrogen-bond acceptors (Lipinski definition) is 4. The van der Waals surface area contributed by atoms with Gasteiger partial charge in [0.05, 0.1) is 4.90 Å². The molecule has 5 heteroatoms. The van der Waals surface area contributed by atoms with Crippen LogP contribution >= 0.6 is 0 Å². The molecule has 2 rings (SSSR count). The first-order valence-corrected chi connectivity index (χ1v) is 9.17. The molecular weight excluding hydrogens is 272 g/mol. The van der Waals surface area contributed by atoms with Crippen LogP contribution in [0.25, 0.3) is 0 Å². The lowest BCUT2D eigenvalue weighted by molar-refractivity contribution is 0.300. The summed E-state index contributed by atoms with van der Waals surface area (Å²) in [5, 5.41) is 3.52. The summed E-state index contributed by atoms with van der Waals surface area (Å²) in [6.07, 6.45) is 4.76. The molecule has 0 aromatic heterocycles. The number of hydrogen-bond donors (Lipinski definition) is 1. The molecule has 0 saturated carbocycles. The van der Waals surface area contributed by atoms with Crippen LogP contribution in [0.4, 0.5) is 5.69 Å². The summed E-state index contributed by atoms with van der Waals surface area (Å²) < 4.78 is 22.8. The van der Waals surface area contributed by atoms with Gasteiger partial charge in [0.1, 0.15) is 0 Å². The van der Waals surface area contributed by atoms with Crippen LogP contribution in [-0.4, -0.2) is 45.2 Å². The number of nitrogens with one attached hydrogen (secondary N) is 1. The van der Waals surface area contributed by atoms with Gasteiger partial charge in [-0.2, -0.15) is 0 Å². The topological polar surface area (TPSA) is 49.4 Å². The van der Waals surface area contributed by atoms with Gasteiger partial charge in [-0.05, 0) is 56.6 Å². The second kappa shape index (κ2) is 6.59. The molecule has 112 valence electrons. The van der Waals surface area contributed by atoms with Crippen molar-refractivity contribution in [2.75, 3.05) is 31.2 Å². The molecule has 1 aromatic carbocycles. The van der Waals surface area contributed by atoms with E-state index in [0.717, 1.165) is 25.2 Å². The fourth-order valence-corrected chi connectivity index (χ4v) is 3.28. The Bertz CT molecular complexity index is 525. The minimum Gasteiger partial charge on any atom is -0.382 e. The predicted octanol–water partition coefficient (Wildman–Crippen LogP) is 2.38. The lowest BCUT2D eigenvalue weighted by Crippen LogP contribution is -2.26. The van der Waals surface area contributed by atoms with Gasteiger partial charge in [0.25, 0.3) is 0 Å². The summed E-state index contributed by atoms with van der Waals surface area (Å²) in [6, 6.07) is 7.55. The van der Waals surface area contributed by atoms with E-state index in [1.165, 1.54) is 25.6 Å². The van der Waals surface area contributed by atoms with E-state index in [2.05, 4.69) is 17.1 Å². The lowest BCUT2D eigenvalue weighted by Gasteiger charge is -2.19. The van der Waals surface area contributed by atoms with Crippen LogP contribution in [0.2, 0.25) is 0 Å².